The first-order valence-electron chi connectivity index (χ1n) is 6.13. The molecule has 1 heterocycles. The highest BCUT2D eigenvalue weighted by Crippen LogP contribution is 2.42. The van der Waals surface area contributed by atoms with E-state index >= 15 is 0 Å². The average molecular weight is 302 g/mol. The number of hydrogen-bond acceptors (Lipinski definition) is 7. The van der Waals surface area contributed by atoms with E-state index in [2.05, 4.69) is 0 Å². The lowest BCUT2D eigenvalue weighted by Crippen LogP contribution is -2.02. The van der Waals surface area contributed by atoms with Crippen LogP contribution in [0.5, 0.6) is 28.7 Å². The SMILES string of the molecule is O=c1c(O)c(-c2ccc(O)cc2)oc2c(O)c(O)c(O)cc12. The van der Waals surface area contributed by atoms with E-state index in [4.69, 9.17) is 4.42 Å². The summed E-state index contributed by atoms with van der Waals surface area (Å²) < 4.78 is 5.31. The molecule has 0 saturated carbocycles. The Morgan fingerprint density at radius 1 is 0.818 bits per heavy atom. The van der Waals surface area contributed by atoms with E-state index in [1.54, 1.807) is 0 Å². The number of fused-ring (bicyclic) bond motifs is 1. The van der Waals surface area contributed by atoms with Gasteiger partial charge in [0.05, 0.1) is 5.39 Å². The largest absolute Gasteiger partial charge is 0.508 e. The molecular weight excluding hydrogens is 292 g/mol. The first-order valence-corrected chi connectivity index (χ1v) is 6.13. The predicted octanol–water partition coefficient (Wildman–Crippen LogP) is 1.99. The monoisotopic (exact) mass is 302 g/mol. The highest BCUT2D eigenvalue weighted by Gasteiger charge is 2.21. The molecule has 0 aliphatic carbocycles. The van der Waals surface area contributed by atoms with Gasteiger partial charge in [-0.25, -0.2) is 0 Å². The maximum absolute atomic E-state index is 12.1. The highest BCUT2D eigenvalue weighted by atomic mass is 16.4. The Labute approximate surface area is 122 Å². The first kappa shape index (κ1) is 13.6. The molecular formula is C15H10O7. The van der Waals surface area contributed by atoms with Crippen molar-refractivity contribution in [3.8, 4) is 40.1 Å². The van der Waals surface area contributed by atoms with Crippen molar-refractivity contribution in [2.75, 3.05) is 0 Å². The van der Waals surface area contributed by atoms with Gasteiger partial charge in [0.1, 0.15) is 5.75 Å². The third-order valence-corrected chi connectivity index (χ3v) is 3.22. The van der Waals surface area contributed by atoms with Crippen LogP contribution in [0.4, 0.5) is 0 Å². The summed E-state index contributed by atoms with van der Waals surface area (Å²) in [6.45, 7) is 0. The third-order valence-electron chi connectivity index (χ3n) is 3.22. The molecule has 3 rings (SSSR count). The zero-order valence-corrected chi connectivity index (χ0v) is 10.9. The van der Waals surface area contributed by atoms with E-state index in [0.29, 0.717) is 0 Å². The molecule has 112 valence electrons. The van der Waals surface area contributed by atoms with E-state index in [1.165, 1.54) is 24.3 Å². The summed E-state index contributed by atoms with van der Waals surface area (Å²) in [7, 11) is 0. The second kappa shape index (κ2) is 4.59. The van der Waals surface area contributed by atoms with E-state index in [9.17, 15) is 30.3 Å². The molecule has 0 saturated heterocycles. The quantitative estimate of drug-likeness (QED) is 0.434. The van der Waals surface area contributed by atoms with Crippen LogP contribution in [0.3, 0.4) is 0 Å². The summed E-state index contributed by atoms with van der Waals surface area (Å²) in [6.07, 6.45) is 0. The average Bonchev–Trinajstić information content (AvgIpc) is 2.50. The van der Waals surface area contributed by atoms with Crippen molar-refractivity contribution in [3.63, 3.8) is 0 Å². The van der Waals surface area contributed by atoms with Gasteiger partial charge in [0.15, 0.2) is 17.1 Å². The van der Waals surface area contributed by atoms with Crippen LogP contribution in [-0.4, -0.2) is 25.5 Å². The van der Waals surface area contributed by atoms with Gasteiger partial charge in [-0.1, -0.05) is 0 Å². The maximum Gasteiger partial charge on any atom is 0.235 e. The minimum absolute atomic E-state index is 0.0169. The number of phenolic OH excluding ortho intramolecular Hbond substituents is 4. The van der Waals surface area contributed by atoms with E-state index in [0.717, 1.165) is 6.07 Å². The summed E-state index contributed by atoms with van der Waals surface area (Å²) in [5.74, 6) is -3.34. The Hall–Kier alpha value is -3.35. The Morgan fingerprint density at radius 2 is 1.45 bits per heavy atom. The molecule has 0 radical (unpaired) electrons. The Morgan fingerprint density at radius 3 is 2.09 bits per heavy atom. The standard InChI is InChI=1S/C15H10O7/c16-7-3-1-6(2-4-7)14-12(20)10(18)8-5-9(17)11(19)13(21)15(8)22-14/h1-5,16-17,19-21H. The van der Waals surface area contributed by atoms with Gasteiger partial charge in [-0.05, 0) is 30.3 Å². The van der Waals surface area contributed by atoms with E-state index in [-0.39, 0.29) is 28.0 Å². The molecule has 0 spiro atoms. The minimum Gasteiger partial charge on any atom is -0.508 e. The normalized spacial score (nSPS) is 10.9. The van der Waals surface area contributed by atoms with Gasteiger partial charge in [0.25, 0.3) is 0 Å². The van der Waals surface area contributed by atoms with Crippen molar-refractivity contribution in [1.29, 1.82) is 0 Å². The van der Waals surface area contributed by atoms with Crippen LogP contribution in [0.25, 0.3) is 22.3 Å². The number of aromatic hydroxyl groups is 5. The molecule has 0 atom stereocenters. The molecule has 7 heteroatoms. The van der Waals surface area contributed by atoms with Crippen LogP contribution < -0.4 is 5.43 Å². The van der Waals surface area contributed by atoms with Crippen LogP contribution in [0.2, 0.25) is 0 Å². The van der Waals surface area contributed by atoms with E-state index < -0.39 is 28.4 Å². The van der Waals surface area contributed by atoms with Gasteiger partial charge in [0.2, 0.25) is 22.7 Å². The summed E-state index contributed by atoms with van der Waals surface area (Å²) in [5, 5.41) is 47.7. The molecule has 1 aromatic heterocycles. The molecule has 5 N–H and O–H groups in total. The molecule has 2 aromatic carbocycles. The van der Waals surface area contributed by atoms with Crippen LogP contribution in [0.1, 0.15) is 0 Å². The third kappa shape index (κ3) is 1.87. The zero-order valence-electron chi connectivity index (χ0n) is 10.9. The van der Waals surface area contributed by atoms with Crippen molar-refractivity contribution < 1.29 is 29.9 Å². The number of hydrogen-bond donors (Lipinski definition) is 5. The van der Waals surface area contributed by atoms with Crippen LogP contribution >= 0.6 is 0 Å². The highest BCUT2D eigenvalue weighted by molar-refractivity contribution is 5.90. The summed E-state index contributed by atoms with van der Waals surface area (Å²) in [6, 6.07) is 6.34. The van der Waals surface area contributed by atoms with Crippen molar-refractivity contribution in [2.24, 2.45) is 0 Å². The van der Waals surface area contributed by atoms with Crippen LogP contribution in [0, 0.1) is 0 Å². The summed E-state index contributed by atoms with van der Waals surface area (Å²) in [5.41, 5.74) is -0.975. The molecule has 0 fully saturated rings. The van der Waals surface area contributed by atoms with Gasteiger partial charge in [-0.15, -0.1) is 0 Å². The Kier molecular flexibility index (Phi) is 2.84. The van der Waals surface area contributed by atoms with Gasteiger partial charge in [-0.3, -0.25) is 4.79 Å². The molecule has 0 unspecified atom stereocenters. The molecule has 3 aromatic rings. The number of phenols is 4. The van der Waals surface area contributed by atoms with Gasteiger partial charge < -0.3 is 29.9 Å². The Bertz CT molecular complexity index is 939. The lowest BCUT2D eigenvalue weighted by molar-refractivity contribution is 0.365. The molecule has 0 aliphatic rings. The summed E-state index contributed by atoms with van der Waals surface area (Å²) >= 11 is 0. The van der Waals surface area contributed by atoms with E-state index in [1.807, 2.05) is 0 Å². The first-order chi connectivity index (χ1) is 10.4. The fourth-order valence-electron chi connectivity index (χ4n) is 2.09. The lowest BCUT2D eigenvalue weighted by atomic mass is 10.1. The van der Waals surface area contributed by atoms with Crippen molar-refractivity contribution in [2.45, 2.75) is 0 Å². The smallest absolute Gasteiger partial charge is 0.235 e. The predicted molar refractivity (Wildman–Crippen MR) is 76.2 cm³/mol. The zero-order chi connectivity index (χ0) is 16.0. The van der Waals surface area contributed by atoms with Gasteiger partial charge in [0, 0.05) is 5.56 Å². The van der Waals surface area contributed by atoms with Gasteiger partial charge >= 0.3 is 0 Å². The van der Waals surface area contributed by atoms with Gasteiger partial charge in [-0.2, -0.15) is 0 Å². The minimum atomic E-state index is -0.880. The van der Waals surface area contributed by atoms with Crippen LogP contribution in [-0.2, 0) is 0 Å². The molecule has 7 nitrogen and oxygen atoms in total. The molecule has 0 aliphatic heterocycles. The van der Waals surface area contributed by atoms with Crippen molar-refractivity contribution in [3.05, 3.63) is 40.6 Å². The summed E-state index contributed by atoms with van der Waals surface area (Å²) in [4.78, 5) is 12.1. The Balaban J connectivity index is 2.41. The molecule has 0 bridgehead atoms. The second-order valence-corrected chi connectivity index (χ2v) is 4.63. The van der Waals surface area contributed by atoms with Crippen LogP contribution in [0.15, 0.2) is 39.5 Å². The number of benzene rings is 2. The second-order valence-electron chi connectivity index (χ2n) is 4.63. The van der Waals surface area contributed by atoms with Crippen molar-refractivity contribution in [1.82, 2.24) is 0 Å². The molecule has 22 heavy (non-hydrogen) atoms. The van der Waals surface area contributed by atoms with Crippen molar-refractivity contribution >= 4 is 11.0 Å². The lowest BCUT2D eigenvalue weighted by Gasteiger charge is -2.09. The maximum atomic E-state index is 12.1. The fraction of sp³-hybridized carbons (Fsp3) is 0. The topological polar surface area (TPSA) is 131 Å². The number of rotatable bonds is 1. The fourth-order valence-corrected chi connectivity index (χ4v) is 2.09. The molecule has 0 amide bonds.